The summed E-state index contributed by atoms with van der Waals surface area (Å²) in [6.45, 7) is 3.66. The summed E-state index contributed by atoms with van der Waals surface area (Å²) < 4.78 is 10.2. The van der Waals surface area contributed by atoms with Crippen LogP contribution >= 0.6 is 0 Å². The van der Waals surface area contributed by atoms with Crippen LogP contribution in [0.3, 0.4) is 0 Å². The zero-order valence-electron chi connectivity index (χ0n) is 11.1. The fourth-order valence-electron chi connectivity index (χ4n) is 1.74. The number of hydrogen-bond acceptors (Lipinski definition) is 4. The predicted molar refractivity (Wildman–Crippen MR) is 68.9 cm³/mol. The van der Waals surface area contributed by atoms with E-state index in [0.29, 0.717) is 26.1 Å². The van der Waals surface area contributed by atoms with Crippen molar-refractivity contribution in [3.63, 3.8) is 0 Å². The van der Waals surface area contributed by atoms with E-state index < -0.39 is 6.04 Å². The Morgan fingerprint density at radius 2 is 2.39 bits per heavy atom. The molecule has 1 rings (SSSR count). The van der Waals surface area contributed by atoms with E-state index >= 15 is 0 Å². The fourth-order valence-corrected chi connectivity index (χ4v) is 1.74. The van der Waals surface area contributed by atoms with E-state index in [1.807, 2.05) is 19.1 Å². The van der Waals surface area contributed by atoms with Crippen LogP contribution in [-0.2, 0) is 16.1 Å². The minimum Gasteiger partial charge on any atom is -0.467 e. The Bertz CT molecular complexity index is 338. The van der Waals surface area contributed by atoms with Crippen LogP contribution in [0.5, 0.6) is 0 Å². The van der Waals surface area contributed by atoms with Gasteiger partial charge in [-0.25, -0.2) is 0 Å². The highest BCUT2D eigenvalue weighted by Crippen LogP contribution is 2.08. The van der Waals surface area contributed by atoms with Crippen LogP contribution in [0.25, 0.3) is 0 Å². The number of hydrogen-bond donors (Lipinski definition) is 1. The number of nitrogens with two attached hydrogens (primary N) is 1. The zero-order valence-corrected chi connectivity index (χ0v) is 11.1. The lowest BCUT2D eigenvalue weighted by Gasteiger charge is -2.23. The Balaban J connectivity index is 2.45. The standard InChI is InChI=1S/C13H22N2O3/c1-3-15(10-11-6-4-9-18-11)13(16)12(14)7-5-8-17-2/h4,6,9,12H,3,5,7-8,10,14H2,1-2H3. The van der Waals surface area contributed by atoms with E-state index in [2.05, 4.69) is 0 Å². The molecule has 0 bridgehead atoms. The summed E-state index contributed by atoms with van der Waals surface area (Å²) in [5, 5.41) is 0. The van der Waals surface area contributed by atoms with Crippen LogP contribution in [0.4, 0.5) is 0 Å². The molecule has 0 saturated heterocycles. The molecule has 1 aromatic rings. The van der Waals surface area contributed by atoms with Gasteiger partial charge >= 0.3 is 0 Å². The molecule has 18 heavy (non-hydrogen) atoms. The van der Waals surface area contributed by atoms with Crippen LogP contribution in [0.2, 0.25) is 0 Å². The van der Waals surface area contributed by atoms with Crippen LogP contribution in [0.1, 0.15) is 25.5 Å². The number of carbonyl (C=O) groups excluding carboxylic acids is 1. The summed E-state index contributed by atoms with van der Waals surface area (Å²) in [7, 11) is 1.64. The quantitative estimate of drug-likeness (QED) is 0.712. The third-order valence-corrected chi connectivity index (χ3v) is 2.80. The number of amides is 1. The molecule has 0 aliphatic heterocycles. The van der Waals surface area contributed by atoms with E-state index in [-0.39, 0.29) is 5.91 Å². The van der Waals surface area contributed by atoms with Crippen molar-refractivity contribution in [1.82, 2.24) is 4.90 Å². The summed E-state index contributed by atoms with van der Waals surface area (Å²) in [6.07, 6.45) is 3.04. The molecule has 0 spiro atoms. The maximum absolute atomic E-state index is 12.1. The maximum atomic E-state index is 12.1. The van der Waals surface area contributed by atoms with E-state index in [9.17, 15) is 4.79 Å². The monoisotopic (exact) mass is 254 g/mol. The SMILES string of the molecule is CCN(Cc1ccco1)C(=O)C(N)CCCOC. The molecule has 0 saturated carbocycles. The second-order valence-electron chi connectivity index (χ2n) is 4.17. The minimum absolute atomic E-state index is 0.0370. The topological polar surface area (TPSA) is 68.7 Å². The molecule has 5 nitrogen and oxygen atoms in total. The van der Waals surface area contributed by atoms with Crippen molar-refractivity contribution in [1.29, 1.82) is 0 Å². The molecule has 0 aliphatic rings. The van der Waals surface area contributed by atoms with Crippen molar-refractivity contribution in [2.45, 2.75) is 32.4 Å². The highest BCUT2D eigenvalue weighted by Gasteiger charge is 2.20. The van der Waals surface area contributed by atoms with Gasteiger partial charge in [-0.3, -0.25) is 4.79 Å². The number of likely N-dealkylation sites (N-methyl/N-ethyl adjacent to an activating group) is 1. The largest absolute Gasteiger partial charge is 0.467 e. The molecular weight excluding hydrogens is 232 g/mol. The van der Waals surface area contributed by atoms with Crippen molar-refractivity contribution in [2.75, 3.05) is 20.3 Å². The van der Waals surface area contributed by atoms with Gasteiger partial charge in [0.15, 0.2) is 0 Å². The number of carbonyl (C=O) groups is 1. The highest BCUT2D eigenvalue weighted by molar-refractivity contribution is 5.81. The second kappa shape index (κ2) is 7.89. The first kappa shape index (κ1) is 14.7. The molecule has 0 fully saturated rings. The smallest absolute Gasteiger partial charge is 0.239 e. The molecular formula is C13H22N2O3. The predicted octanol–water partition coefficient (Wildman–Crippen LogP) is 1.38. The lowest BCUT2D eigenvalue weighted by Crippen LogP contribution is -2.43. The molecule has 1 aromatic heterocycles. The van der Waals surface area contributed by atoms with Crippen molar-refractivity contribution < 1.29 is 13.9 Å². The first-order valence-electron chi connectivity index (χ1n) is 6.24. The Hall–Kier alpha value is -1.33. The summed E-state index contributed by atoms with van der Waals surface area (Å²) >= 11 is 0. The van der Waals surface area contributed by atoms with Gasteiger partial charge in [0, 0.05) is 20.3 Å². The van der Waals surface area contributed by atoms with Gasteiger partial charge in [-0.05, 0) is 31.9 Å². The Morgan fingerprint density at radius 1 is 1.61 bits per heavy atom. The molecule has 0 aromatic carbocycles. The molecule has 0 aliphatic carbocycles. The van der Waals surface area contributed by atoms with Gasteiger partial charge in [-0.1, -0.05) is 0 Å². The average Bonchev–Trinajstić information content (AvgIpc) is 2.88. The molecule has 1 atom stereocenters. The number of ether oxygens (including phenoxy) is 1. The molecule has 1 amide bonds. The normalized spacial score (nSPS) is 12.4. The maximum Gasteiger partial charge on any atom is 0.239 e. The Kier molecular flexibility index (Phi) is 6.46. The number of furan rings is 1. The fraction of sp³-hybridized carbons (Fsp3) is 0.615. The van der Waals surface area contributed by atoms with Crippen molar-refractivity contribution in [2.24, 2.45) is 5.73 Å². The highest BCUT2D eigenvalue weighted by atomic mass is 16.5. The van der Waals surface area contributed by atoms with E-state index in [4.69, 9.17) is 14.9 Å². The van der Waals surface area contributed by atoms with Crippen molar-refractivity contribution in [3.05, 3.63) is 24.2 Å². The van der Waals surface area contributed by atoms with Crippen LogP contribution in [0, 0.1) is 0 Å². The van der Waals surface area contributed by atoms with Crippen LogP contribution in [-0.4, -0.2) is 37.1 Å². The van der Waals surface area contributed by atoms with Crippen molar-refractivity contribution >= 4 is 5.91 Å². The first-order chi connectivity index (χ1) is 8.69. The summed E-state index contributed by atoms with van der Waals surface area (Å²) in [6, 6.07) is 3.20. The van der Waals surface area contributed by atoms with Gasteiger partial charge in [0.1, 0.15) is 5.76 Å². The summed E-state index contributed by atoms with van der Waals surface area (Å²) in [4.78, 5) is 13.8. The van der Waals surface area contributed by atoms with E-state index in [1.165, 1.54) is 0 Å². The molecule has 2 N–H and O–H groups in total. The zero-order chi connectivity index (χ0) is 13.4. The Morgan fingerprint density at radius 3 is 2.94 bits per heavy atom. The van der Waals surface area contributed by atoms with Crippen LogP contribution < -0.4 is 5.73 Å². The van der Waals surface area contributed by atoms with Crippen LogP contribution in [0.15, 0.2) is 22.8 Å². The molecule has 102 valence electrons. The van der Waals surface area contributed by atoms with Crippen molar-refractivity contribution in [3.8, 4) is 0 Å². The number of rotatable bonds is 8. The lowest BCUT2D eigenvalue weighted by molar-refractivity contribution is -0.133. The summed E-state index contributed by atoms with van der Waals surface area (Å²) in [5.74, 6) is 0.735. The molecule has 1 heterocycles. The van der Waals surface area contributed by atoms with Gasteiger partial charge < -0.3 is 19.8 Å². The lowest BCUT2D eigenvalue weighted by atomic mass is 10.1. The third kappa shape index (κ3) is 4.50. The van der Waals surface area contributed by atoms with Gasteiger partial charge in [-0.2, -0.15) is 0 Å². The Labute approximate surface area is 108 Å². The number of nitrogens with zero attached hydrogens (tertiary/aromatic N) is 1. The number of methoxy groups -OCH3 is 1. The average molecular weight is 254 g/mol. The molecule has 0 radical (unpaired) electrons. The van der Waals surface area contributed by atoms with Gasteiger partial charge in [0.25, 0.3) is 0 Å². The van der Waals surface area contributed by atoms with E-state index in [0.717, 1.165) is 12.2 Å². The molecule has 1 unspecified atom stereocenters. The molecule has 5 heteroatoms. The van der Waals surface area contributed by atoms with E-state index in [1.54, 1.807) is 18.3 Å². The first-order valence-corrected chi connectivity index (χ1v) is 6.24. The van der Waals surface area contributed by atoms with Gasteiger partial charge in [-0.15, -0.1) is 0 Å². The van der Waals surface area contributed by atoms with Gasteiger partial charge in [0.2, 0.25) is 5.91 Å². The third-order valence-electron chi connectivity index (χ3n) is 2.80. The summed E-state index contributed by atoms with van der Waals surface area (Å²) in [5.41, 5.74) is 5.89. The van der Waals surface area contributed by atoms with Gasteiger partial charge in [0.05, 0.1) is 18.8 Å². The minimum atomic E-state index is -0.463. The second-order valence-corrected chi connectivity index (χ2v) is 4.17.